The lowest BCUT2D eigenvalue weighted by molar-refractivity contribution is -0.118. The van der Waals surface area contributed by atoms with Gasteiger partial charge in [-0.25, -0.2) is 0 Å². The molecular weight excluding hydrogens is 400 g/mol. The Morgan fingerprint density at radius 1 is 1.11 bits per heavy atom. The molecule has 1 amide bonds. The summed E-state index contributed by atoms with van der Waals surface area (Å²) in [6, 6.07) is 5.37. The van der Waals surface area contributed by atoms with Crippen molar-refractivity contribution in [2.24, 2.45) is 5.92 Å². The molecule has 1 atom stereocenters. The predicted molar refractivity (Wildman–Crippen MR) is 114 cm³/mol. The first-order chi connectivity index (χ1) is 13.0. The van der Waals surface area contributed by atoms with Gasteiger partial charge in [-0.05, 0) is 50.5 Å². The van der Waals surface area contributed by atoms with Crippen LogP contribution >= 0.6 is 11.6 Å². The normalized spacial score (nSPS) is 12.0. The Bertz CT molecular complexity index is 921. The highest BCUT2D eigenvalue weighted by Gasteiger charge is 2.19. The van der Waals surface area contributed by atoms with Crippen LogP contribution < -0.4 is 14.2 Å². The van der Waals surface area contributed by atoms with E-state index in [4.69, 9.17) is 15.8 Å². The van der Waals surface area contributed by atoms with Crippen molar-refractivity contribution in [3.8, 4) is 11.5 Å². The molecule has 1 unspecified atom stereocenters. The molecule has 0 saturated heterocycles. The molecule has 0 radical (unpaired) electrons. The van der Waals surface area contributed by atoms with Gasteiger partial charge in [0.25, 0.3) is 0 Å². The zero-order valence-electron chi connectivity index (χ0n) is 16.8. The van der Waals surface area contributed by atoms with Gasteiger partial charge in [0.15, 0.2) is 5.75 Å². The molecule has 28 heavy (non-hydrogen) atoms. The van der Waals surface area contributed by atoms with E-state index in [9.17, 15) is 14.1 Å². The highest BCUT2D eigenvalue weighted by molar-refractivity contribution is 7.82. The van der Waals surface area contributed by atoms with E-state index in [0.29, 0.717) is 17.0 Å². The van der Waals surface area contributed by atoms with Crippen LogP contribution in [0.4, 0.5) is 11.4 Å². The number of nitrogens with one attached hydrogen (secondary N) is 2. The van der Waals surface area contributed by atoms with Gasteiger partial charge in [0.2, 0.25) is 5.91 Å². The van der Waals surface area contributed by atoms with Crippen LogP contribution in [-0.2, 0) is 16.1 Å². The molecule has 0 aliphatic rings. The molecule has 152 valence electrons. The molecule has 0 spiro atoms. The van der Waals surface area contributed by atoms with Crippen LogP contribution in [0.1, 0.15) is 36.1 Å². The van der Waals surface area contributed by atoms with Crippen LogP contribution in [0.3, 0.4) is 0 Å². The lowest BCUT2D eigenvalue weighted by atomic mass is 10.1. The van der Waals surface area contributed by atoms with Crippen molar-refractivity contribution in [1.29, 1.82) is 0 Å². The van der Waals surface area contributed by atoms with Crippen LogP contribution in [0.2, 0.25) is 5.02 Å². The third-order valence-corrected chi connectivity index (χ3v) is 5.39. The maximum Gasteiger partial charge on any atom is 0.316 e. The van der Waals surface area contributed by atoms with E-state index in [-0.39, 0.29) is 28.3 Å². The van der Waals surface area contributed by atoms with Crippen LogP contribution in [0.25, 0.3) is 0 Å². The number of carbonyl (C=O) groups is 1. The first-order valence-electron chi connectivity index (χ1n) is 8.78. The topological polar surface area (TPSA) is 87.7 Å². The van der Waals surface area contributed by atoms with Crippen molar-refractivity contribution >= 4 is 40.1 Å². The van der Waals surface area contributed by atoms with Crippen LogP contribution in [0.15, 0.2) is 18.2 Å². The number of halogens is 1. The number of phenols is 1. The molecule has 0 aliphatic carbocycles. The summed E-state index contributed by atoms with van der Waals surface area (Å²) in [5.41, 5.74) is 3.83. The minimum Gasteiger partial charge on any atom is -0.504 e. The number of aromatic hydroxyl groups is 1. The summed E-state index contributed by atoms with van der Waals surface area (Å²) >= 11 is 4.27. The third kappa shape index (κ3) is 4.97. The highest BCUT2D eigenvalue weighted by Crippen LogP contribution is 2.39. The van der Waals surface area contributed by atoms with E-state index in [0.717, 1.165) is 16.7 Å². The molecule has 8 heteroatoms. The fourth-order valence-corrected chi connectivity index (χ4v) is 3.75. The molecule has 0 bridgehead atoms. The number of anilines is 2. The van der Waals surface area contributed by atoms with Gasteiger partial charge in [0.05, 0.1) is 16.4 Å². The zero-order valence-corrected chi connectivity index (χ0v) is 18.3. The molecule has 0 aromatic heterocycles. The Morgan fingerprint density at radius 3 is 2.21 bits per heavy atom. The van der Waals surface area contributed by atoms with Crippen molar-refractivity contribution in [2.75, 3.05) is 10.0 Å². The Balaban J connectivity index is 2.29. The van der Waals surface area contributed by atoms with E-state index >= 15 is 0 Å². The summed E-state index contributed by atoms with van der Waals surface area (Å²) in [5, 5.41) is 12.9. The molecule has 0 saturated carbocycles. The number of benzene rings is 2. The van der Waals surface area contributed by atoms with Crippen LogP contribution in [0, 0.1) is 33.6 Å². The second-order valence-corrected chi connectivity index (χ2v) is 8.27. The van der Waals surface area contributed by atoms with Gasteiger partial charge in [0.1, 0.15) is 5.75 Å². The number of carbonyl (C=O) groups excluding carboxylic acids is 1. The molecule has 2 aromatic carbocycles. The molecule has 2 rings (SSSR count). The SMILES string of the molecule is Cc1cc(C)c(OS(=O)Nc2cc(NC(=O)C(C)C)c(O)c(Cl)c2C)c(C)c1. The zero-order chi connectivity index (χ0) is 21.2. The van der Waals surface area contributed by atoms with E-state index < -0.39 is 11.3 Å². The van der Waals surface area contributed by atoms with Crippen molar-refractivity contribution < 1.29 is 18.3 Å². The van der Waals surface area contributed by atoms with Crippen molar-refractivity contribution in [2.45, 2.75) is 41.5 Å². The maximum absolute atomic E-state index is 12.5. The van der Waals surface area contributed by atoms with Crippen LogP contribution in [-0.4, -0.2) is 15.2 Å². The number of hydrogen-bond acceptors (Lipinski definition) is 4. The fraction of sp³-hybridized carbons (Fsp3) is 0.350. The van der Waals surface area contributed by atoms with Gasteiger partial charge in [-0.15, -0.1) is 0 Å². The number of hydrogen-bond donors (Lipinski definition) is 3. The smallest absolute Gasteiger partial charge is 0.316 e. The minimum atomic E-state index is -1.91. The van der Waals surface area contributed by atoms with E-state index in [1.165, 1.54) is 6.07 Å². The van der Waals surface area contributed by atoms with E-state index in [1.807, 2.05) is 32.9 Å². The maximum atomic E-state index is 12.5. The Kier molecular flexibility index (Phi) is 6.96. The first-order valence-corrected chi connectivity index (χ1v) is 10.2. The Hall–Kier alpha value is -2.25. The van der Waals surface area contributed by atoms with Gasteiger partial charge in [-0.2, -0.15) is 4.21 Å². The average Bonchev–Trinajstić information content (AvgIpc) is 2.60. The van der Waals surface area contributed by atoms with Crippen molar-refractivity contribution in [1.82, 2.24) is 0 Å². The molecular formula is C20H25ClN2O4S. The van der Waals surface area contributed by atoms with Gasteiger partial charge < -0.3 is 14.6 Å². The first kappa shape index (κ1) is 22.0. The summed E-state index contributed by atoms with van der Waals surface area (Å²) in [6.07, 6.45) is 0. The van der Waals surface area contributed by atoms with E-state index in [2.05, 4.69) is 10.0 Å². The summed E-state index contributed by atoms with van der Waals surface area (Å²) in [6.45, 7) is 10.9. The van der Waals surface area contributed by atoms with Gasteiger partial charge in [-0.1, -0.05) is 43.1 Å². The Morgan fingerprint density at radius 2 is 1.68 bits per heavy atom. The summed E-state index contributed by atoms with van der Waals surface area (Å²) in [7, 11) is 0. The predicted octanol–water partition coefficient (Wildman–Crippen LogP) is 4.94. The minimum absolute atomic E-state index is 0.0590. The molecule has 3 N–H and O–H groups in total. The lowest BCUT2D eigenvalue weighted by Crippen LogP contribution is -2.18. The average molecular weight is 425 g/mol. The summed E-state index contributed by atoms with van der Waals surface area (Å²) in [5.74, 6) is -0.256. The molecule has 0 aliphatic heterocycles. The molecule has 6 nitrogen and oxygen atoms in total. The van der Waals surface area contributed by atoms with Gasteiger partial charge in [-0.3, -0.25) is 9.52 Å². The monoisotopic (exact) mass is 424 g/mol. The third-order valence-electron chi connectivity index (χ3n) is 4.22. The van der Waals surface area contributed by atoms with Crippen LogP contribution in [0.5, 0.6) is 11.5 Å². The Labute approximate surface area is 173 Å². The summed E-state index contributed by atoms with van der Waals surface area (Å²) in [4.78, 5) is 12.0. The second kappa shape index (κ2) is 8.84. The van der Waals surface area contributed by atoms with Crippen molar-refractivity contribution in [3.05, 3.63) is 45.5 Å². The van der Waals surface area contributed by atoms with Gasteiger partial charge in [0, 0.05) is 5.92 Å². The number of aryl methyl sites for hydroxylation is 3. The number of phenolic OH excluding ortho intramolecular Hbond substituents is 1. The summed E-state index contributed by atoms with van der Waals surface area (Å²) < 4.78 is 20.9. The molecule has 0 heterocycles. The van der Waals surface area contributed by atoms with E-state index in [1.54, 1.807) is 20.8 Å². The fourth-order valence-electron chi connectivity index (χ4n) is 2.70. The highest BCUT2D eigenvalue weighted by atomic mass is 35.5. The lowest BCUT2D eigenvalue weighted by Gasteiger charge is -2.17. The largest absolute Gasteiger partial charge is 0.504 e. The number of amides is 1. The molecule has 2 aromatic rings. The van der Waals surface area contributed by atoms with Gasteiger partial charge >= 0.3 is 11.3 Å². The standard InChI is InChI=1S/C20H25ClN2O4S/c1-10(2)20(25)22-16-9-15(14(6)17(21)18(16)24)23-28(26)27-19-12(4)7-11(3)8-13(19)5/h7-10,23-24H,1-6H3,(H,22,25). The second-order valence-electron chi connectivity index (χ2n) is 7.05. The molecule has 0 fully saturated rings. The van der Waals surface area contributed by atoms with Crippen molar-refractivity contribution in [3.63, 3.8) is 0 Å². The quantitative estimate of drug-likeness (QED) is 0.452. The number of rotatable bonds is 6.